The maximum Gasteiger partial charge on any atom is 0.321 e. The number of hydrogen-bond donors (Lipinski definition) is 2. The molecule has 0 spiro atoms. The van der Waals surface area contributed by atoms with Gasteiger partial charge in [0.15, 0.2) is 0 Å². The number of carbonyl (C=O) groups is 2. The molecule has 0 unspecified atom stereocenters. The summed E-state index contributed by atoms with van der Waals surface area (Å²) in [5, 5.41) is 10.5. The first-order chi connectivity index (χ1) is 16.4. The van der Waals surface area contributed by atoms with Gasteiger partial charge in [-0.1, -0.05) is 18.2 Å². The molecule has 1 saturated heterocycles. The Morgan fingerprint density at radius 3 is 2.38 bits per heavy atom. The van der Waals surface area contributed by atoms with E-state index in [4.69, 9.17) is 0 Å². The van der Waals surface area contributed by atoms with Gasteiger partial charge in [0, 0.05) is 42.2 Å². The molecule has 7 nitrogen and oxygen atoms in total. The number of nitrogens with zero attached hydrogens (tertiary/aromatic N) is 3. The number of rotatable bonds is 5. The predicted molar refractivity (Wildman–Crippen MR) is 130 cm³/mol. The average Bonchev–Trinajstić information content (AvgIpc) is 3.12. The zero-order valence-corrected chi connectivity index (χ0v) is 19.3. The fourth-order valence-corrected chi connectivity index (χ4v) is 4.09. The molecule has 0 saturated carbocycles. The van der Waals surface area contributed by atoms with Crippen molar-refractivity contribution in [3.8, 4) is 5.69 Å². The number of amides is 3. The molecule has 1 aliphatic rings. The Hall–Kier alpha value is -3.94. The van der Waals surface area contributed by atoms with Crippen LogP contribution in [-0.2, 0) is 4.79 Å². The number of benzene rings is 2. The first kappa shape index (κ1) is 23.2. The average molecular weight is 462 g/mol. The second-order valence-corrected chi connectivity index (χ2v) is 8.37. The van der Waals surface area contributed by atoms with Crippen LogP contribution < -0.4 is 10.6 Å². The minimum atomic E-state index is -0.301. The first-order valence-electron chi connectivity index (χ1n) is 11.3. The van der Waals surface area contributed by atoms with E-state index in [2.05, 4.69) is 15.7 Å². The molecular weight excluding hydrogens is 433 g/mol. The van der Waals surface area contributed by atoms with Crippen molar-refractivity contribution in [2.24, 2.45) is 0 Å². The summed E-state index contributed by atoms with van der Waals surface area (Å²) >= 11 is 0. The summed E-state index contributed by atoms with van der Waals surface area (Å²) in [6, 6.07) is 15.4. The third-order valence-electron chi connectivity index (χ3n) is 5.97. The molecule has 1 aliphatic heterocycles. The van der Waals surface area contributed by atoms with E-state index < -0.39 is 0 Å². The Balaban J connectivity index is 1.30. The van der Waals surface area contributed by atoms with Crippen molar-refractivity contribution in [3.05, 3.63) is 83.4 Å². The van der Waals surface area contributed by atoms with Crippen LogP contribution in [0.4, 0.5) is 14.9 Å². The number of aryl methyl sites for hydroxylation is 1. The zero-order valence-electron chi connectivity index (χ0n) is 19.3. The first-order valence-corrected chi connectivity index (χ1v) is 11.3. The highest BCUT2D eigenvalue weighted by Crippen LogP contribution is 2.20. The highest BCUT2D eigenvalue weighted by Gasteiger charge is 2.23. The fourth-order valence-electron chi connectivity index (χ4n) is 4.09. The third kappa shape index (κ3) is 5.51. The molecule has 2 N–H and O–H groups in total. The number of para-hydroxylation sites is 1. The lowest BCUT2D eigenvalue weighted by atomic mass is 10.1. The Morgan fingerprint density at radius 1 is 1.03 bits per heavy atom. The smallest absolute Gasteiger partial charge is 0.321 e. The summed E-state index contributed by atoms with van der Waals surface area (Å²) in [6.07, 6.45) is 4.67. The molecule has 3 amide bonds. The molecule has 0 aliphatic carbocycles. The molecule has 8 heteroatoms. The number of anilines is 1. The lowest BCUT2D eigenvalue weighted by molar-refractivity contribution is -0.117. The van der Waals surface area contributed by atoms with E-state index in [9.17, 15) is 14.0 Å². The number of urea groups is 1. The minimum Gasteiger partial charge on any atom is -0.350 e. The molecule has 1 aromatic heterocycles. The number of likely N-dealkylation sites (tertiary alicyclic amines) is 1. The number of nitrogens with one attached hydrogen (secondary N) is 2. The predicted octanol–water partition coefficient (Wildman–Crippen LogP) is 4.45. The van der Waals surface area contributed by atoms with Gasteiger partial charge in [-0.2, -0.15) is 5.10 Å². The number of carbonyl (C=O) groups excluding carboxylic acids is 2. The van der Waals surface area contributed by atoms with Crippen LogP contribution in [0.25, 0.3) is 11.8 Å². The summed E-state index contributed by atoms with van der Waals surface area (Å²) < 4.78 is 15.0. The van der Waals surface area contributed by atoms with Crippen molar-refractivity contribution in [2.75, 3.05) is 18.4 Å². The maximum atomic E-state index is 13.2. The van der Waals surface area contributed by atoms with Crippen LogP contribution >= 0.6 is 0 Å². The number of hydrogen-bond acceptors (Lipinski definition) is 3. The second kappa shape index (κ2) is 10.3. The number of halogens is 1. The molecule has 2 aromatic carbocycles. The molecule has 4 rings (SSSR count). The Labute approximate surface area is 198 Å². The zero-order chi connectivity index (χ0) is 24.1. The third-order valence-corrected chi connectivity index (χ3v) is 5.97. The molecule has 3 aromatic rings. The molecule has 0 radical (unpaired) electrons. The summed E-state index contributed by atoms with van der Waals surface area (Å²) in [5.41, 5.74) is 4.02. The van der Waals surface area contributed by atoms with Gasteiger partial charge in [-0.15, -0.1) is 0 Å². The normalized spacial score (nSPS) is 14.4. The van der Waals surface area contributed by atoms with Gasteiger partial charge in [0.1, 0.15) is 5.82 Å². The Bertz CT molecular complexity index is 1180. The van der Waals surface area contributed by atoms with Crippen molar-refractivity contribution in [3.63, 3.8) is 0 Å². The van der Waals surface area contributed by atoms with Crippen molar-refractivity contribution >= 4 is 23.7 Å². The molecule has 1 fully saturated rings. The van der Waals surface area contributed by atoms with Gasteiger partial charge >= 0.3 is 6.03 Å². The molecule has 0 bridgehead atoms. The van der Waals surface area contributed by atoms with E-state index in [1.54, 1.807) is 27.8 Å². The van der Waals surface area contributed by atoms with Crippen LogP contribution in [0.1, 0.15) is 29.8 Å². The van der Waals surface area contributed by atoms with Gasteiger partial charge in [0.25, 0.3) is 0 Å². The van der Waals surface area contributed by atoms with Crippen LogP contribution in [0.2, 0.25) is 0 Å². The minimum absolute atomic E-state index is 0.0158. The van der Waals surface area contributed by atoms with Gasteiger partial charge < -0.3 is 15.5 Å². The number of piperidine rings is 1. The Kier molecular flexibility index (Phi) is 7.06. The van der Waals surface area contributed by atoms with Crippen LogP contribution in [0.5, 0.6) is 0 Å². The van der Waals surface area contributed by atoms with Crippen LogP contribution in [0.3, 0.4) is 0 Å². The van der Waals surface area contributed by atoms with E-state index in [0.717, 1.165) is 28.3 Å². The summed E-state index contributed by atoms with van der Waals surface area (Å²) in [5.74, 6) is -0.481. The number of aromatic nitrogens is 2. The quantitative estimate of drug-likeness (QED) is 0.551. The fraction of sp³-hybridized carbons (Fsp3) is 0.269. The standard InChI is InChI=1S/C26H28FN5O2/c1-18-24(19(2)32(30-18)23-10-8-20(27)9-11-23)12-13-25(33)28-22-14-16-31(17-15-22)26(34)29-21-6-4-3-5-7-21/h3-13,22H,14-17H2,1-2H3,(H,28,33)(H,29,34)/b13-12+. The van der Waals surface area contributed by atoms with Crippen molar-refractivity contribution < 1.29 is 14.0 Å². The second-order valence-electron chi connectivity index (χ2n) is 8.37. The SMILES string of the molecule is Cc1nn(-c2ccc(F)cc2)c(C)c1/C=C/C(=O)NC1CCN(C(=O)Nc2ccccc2)CC1. The maximum absolute atomic E-state index is 13.2. The molecule has 176 valence electrons. The summed E-state index contributed by atoms with van der Waals surface area (Å²) in [4.78, 5) is 26.7. The van der Waals surface area contributed by atoms with Crippen molar-refractivity contribution in [2.45, 2.75) is 32.7 Å². The molecule has 34 heavy (non-hydrogen) atoms. The highest BCUT2D eigenvalue weighted by molar-refractivity contribution is 5.92. The summed E-state index contributed by atoms with van der Waals surface area (Å²) in [7, 11) is 0. The van der Waals surface area contributed by atoms with Gasteiger partial charge in [-0.25, -0.2) is 13.9 Å². The molecule has 2 heterocycles. The van der Waals surface area contributed by atoms with Gasteiger partial charge in [-0.3, -0.25) is 4.79 Å². The van der Waals surface area contributed by atoms with Gasteiger partial charge in [0.05, 0.1) is 11.4 Å². The van der Waals surface area contributed by atoms with Crippen LogP contribution in [-0.4, -0.2) is 45.8 Å². The van der Waals surface area contributed by atoms with E-state index in [1.807, 2.05) is 44.2 Å². The van der Waals surface area contributed by atoms with E-state index in [-0.39, 0.29) is 23.8 Å². The largest absolute Gasteiger partial charge is 0.350 e. The monoisotopic (exact) mass is 461 g/mol. The van der Waals surface area contributed by atoms with E-state index >= 15 is 0 Å². The van der Waals surface area contributed by atoms with Crippen molar-refractivity contribution in [1.29, 1.82) is 0 Å². The lowest BCUT2D eigenvalue weighted by Gasteiger charge is -2.32. The van der Waals surface area contributed by atoms with Gasteiger partial charge in [-0.05, 0) is 69.2 Å². The van der Waals surface area contributed by atoms with Crippen molar-refractivity contribution in [1.82, 2.24) is 20.0 Å². The molecule has 0 atom stereocenters. The topological polar surface area (TPSA) is 79.3 Å². The van der Waals surface area contributed by atoms with Gasteiger partial charge in [0.2, 0.25) is 5.91 Å². The van der Waals surface area contributed by atoms with E-state index in [0.29, 0.717) is 25.9 Å². The van der Waals surface area contributed by atoms with E-state index in [1.165, 1.54) is 18.2 Å². The lowest BCUT2D eigenvalue weighted by Crippen LogP contribution is -2.47. The van der Waals surface area contributed by atoms with Crippen LogP contribution in [0, 0.1) is 19.7 Å². The highest BCUT2D eigenvalue weighted by atomic mass is 19.1. The van der Waals surface area contributed by atoms with Crippen LogP contribution in [0.15, 0.2) is 60.7 Å². The summed E-state index contributed by atoms with van der Waals surface area (Å²) in [6.45, 7) is 4.95. The Morgan fingerprint density at radius 2 is 1.71 bits per heavy atom. The molecular formula is C26H28FN5O2.